The van der Waals surface area contributed by atoms with Gasteiger partial charge in [-0.15, -0.1) is 35.1 Å². The molecule has 6 heteroatoms. The van der Waals surface area contributed by atoms with E-state index >= 15 is 0 Å². The smallest absolute Gasteiger partial charge is 0.263 e. The van der Waals surface area contributed by atoms with Crippen LogP contribution in [0.5, 0.6) is 0 Å². The molecule has 0 unspecified atom stereocenters. The predicted molar refractivity (Wildman–Crippen MR) is 109 cm³/mol. The molecule has 2 atom stereocenters. The molecule has 0 bridgehead atoms. The van der Waals surface area contributed by atoms with E-state index < -0.39 is 0 Å². The molecule has 2 saturated heterocycles. The van der Waals surface area contributed by atoms with Crippen LogP contribution >= 0.6 is 35.1 Å². The maximum atomic E-state index is 13.0. The Morgan fingerprint density at radius 2 is 1.76 bits per heavy atom. The molecule has 132 valence electrons. The lowest BCUT2D eigenvalue weighted by molar-refractivity contribution is 0.0763. The van der Waals surface area contributed by atoms with Crippen molar-refractivity contribution in [1.29, 1.82) is 0 Å². The van der Waals surface area contributed by atoms with Crippen LogP contribution in [0.2, 0.25) is 0 Å². The van der Waals surface area contributed by atoms with Crippen LogP contribution in [-0.2, 0) is 0 Å². The fourth-order valence-corrected chi connectivity index (χ4v) is 6.67. The van der Waals surface area contributed by atoms with E-state index in [0.717, 1.165) is 55.7 Å². The van der Waals surface area contributed by atoms with Crippen molar-refractivity contribution < 1.29 is 4.79 Å². The Morgan fingerprint density at radius 1 is 1.04 bits per heavy atom. The van der Waals surface area contributed by atoms with E-state index in [2.05, 4.69) is 40.5 Å². The Hall–Kier alpha value is -1.14. The number of benzene rings is 1. The third kappa shape index (κ3) is 2.97. The Kier molecular flexibility index (Phi) is 4.75. The summed E-state index contributed by atoms with van der Waals surface area (Å²) in [5.74, 6) is 1.76. The zero-order chi connectivity index (χ0) is 16.1. The monoisotopic (exact) mass is 392 g/mol. The summed E-state index contributed by atoms with van der Waals surface area (Å²) >= 11 is 3.47. The van der Waals surface area contributed by atoms with Gasteiger partial charge in [-0.3, -0.25) is 4.79 Å². The number of hydrogen-bond acceptors (Lipinski definition) is 4. The van der Waals surface area contributed by atoms with Crippen molar-refractivity contribution in [3.05, 3.63) is 35.2 Å². The highest BCUT2D eigenvalue weighted by atomic mass is 35.5. The summed E-state index contributed by atoms with van der Waals surface area (Å²) in [6.45, 7) is 4.09. The number of fused-ring (bicyclic) bond motifs is 4. The summed E-state index contributed by atoms with van der Waals surface area (Å²) in [6.07, 6.45) is 2.29. The number of hydrogen-bond donors (Lipinski definition) is 1. The molecule has 0 aliphatic carbocycles. The summed E-state index contributed by atoms with van der Waals surface area (Å²) in [5.41, 5.74) is 0. The normalized spacial score (nSPS) is 23.4. The lowest BCUT2D eigenvalue weighted by Gasteiger charge is -2.20. The number of rotatable bonds is 1. The van der Waals surface area contributed by atoms with E-state index in [1.54, 1.807) is 22.7 Å². The standard InChI is InChI=1S/C19H20N2OS2.ClH/c22-19(21-7-5-12-10-20-11-13(12)6-8-21)17-9-16-18(24-17)14-3-1-2-4-15(14)23-16;/h1-4,9,12-13,20H,5-8,10-11H2;1H/t12-,13+;. The molecule has 2 aliphatic heterocycles. The second-order valence-corrected chi connectivity index (χ2v) is 9.09. The van der Waals surface area contributed by atoms with Crippen molar-refractivity contribution in [2.75, 3.05) is 26.2 Å². The lowest BCUT2D eigenvalue weighted by atomic mass is 9.92. The molecule has 1 amide bonds. The van der Waals surface area contributed by atoms with E-state index in [0.29, 0.717) is 0 Å². The topological polar surface area (TPSA) is 32.3 Å². The van der Waals surface area contributed by atoms with Crippen molar-refractivity contribution in [1.82, 2.24) is 10.2 Å². The van der Waals surface area contributed by atoms with Gasteiger partial charge >= 0.3 is 0 Å². The van der Waals surface area contributed by atoms with Crippen LogP contribution in [0.3, 0.4) is 0 Å². The molecule has 2 aromatic heterocycles. The predicted octanol–water partition coefficient (Wildman–Crippen LogP) is 4.61. The van der Waals surface area contributed by atoms with E-state index in [9.17, 15) is 4.79 Å². The number of thiophene rings is 2. The first-order valence-corrected chi connectivity index (χ1v) is 10.3. The molecule has 2 aliphatic rings. The van der Waals surface area contributed by atoms with Crippen LogP contribution < -0.4 is 5.32 Å². The van der Waals surface area contributed by atoms with Crippen molar-refractivity contribution in [3.8, 4) is 0 Å². The fourth-order valence-electron chi connectivity index (χ4n) is 4.18. The summed E-state index contributed by atoms with van der Waals surface area (Å²) in [4.78, 5) is 16.0. The lowest BCUT2D eigenvalue weighted by Crippen LogP contribution is -2.32. The Labute approximate surface area is 161 Å². The number of likely N-dealkylation sites (tertiary alicyclic amines) is 1. The van der Waals surface area contributed by atoms with Crippen LogP contribution in [0, 0.1) is 11.8 Å². The Morgan fingerprint density at radius 3 is 2.52 bits per heavy atom. The summed E-state index contributed by atoms with van der Waals surface area (Å²) in [6, 6.07) is 10.6. The van der Waals surface area contributed by atoms with Gasteiger partial charge in [0.05, 0.1) is 9.58 Å². The first-order valence-electron chi connectivity index (χ1n) is 8.70. The minimum atomic E-state index is 0. The van der Waals surface area contributed by atoms with E-state index in [-0.39, 0.29) is 18.3 Å². The molecule has 3 nitrogen and oxygen atoms in total. The fraction of sp³-hybridized carbons (Fsp3) is 0.421. The second-order valence-electron chi connectivity index (χ2n) is 6.95. The van der Waals surface area contributed by atoms with Gasteiger partial charge in [-0.1, -0.05) is 18.2 Å². The third-order valence-electron chi connectivity index (χ3n) is 5.57. The highest BCUT2D eigenvalue weighted by Gasteiger charge is 2.32. The zero-order valence-electron chi connectivity index (χ0n) is 13.9. The molecule has 2 fully saturated rings. The Balaban J connectivity index is 0.00000157. The maximum Gasteiger partial charge on any atom is 0.263 e. The van der Waals surface area contributed by atoms with Gasteiger partial charge in [-0.05, 0) is 49.9 Å². The largest absolute Gasteiger partial charge is 0.338 e. The first kappa shape index (κ1) is 17.3. The molecule has 1 N–H and O–H groups in total. The highest BCUT2D eigenvalue weighted by Crippen LogP contribution is 2.40. The van der Waals surface area contributed by atoms with Gasteiger partial charge in [0.15, 0.2) is 0 Å². The number of carbonyl (C=O) groups is 1. The van der Waals surface area contributed by atoms with Gasteiger partial charge in [0, 0.05) is 27.9 Å². The minimum absolute atomic E-state index is 0. The SMILES string of the molecule is Cl.O=C(c1cc2sc3ccccc3c2s1)N1CC[C@@H]2CNC[C@@H]2CC1. The van der Waals surface area contributed by atoms with Crippen molar-refractivity contribution >= 4 is 60.5 Å². The summed E-state index contributed by atoms with van der Waals surface area (Å²) in [7, 11) is 0. The maximum absolute atomic E-state index is 13.0. The molecule has 4 heterocycles. The van der Waals surface area contributed by atoms with E-state index in [1.807, 2.05) is 0 Å². The molecule has 0 spiro atoms. The molecular weight excluding hydrogens is 372 g/mol. The first-order chi connectivity index (χ1) is 11.8. The van der Waals surface area contributed by atoms with Crippen LogP contribution in [0.4, 0.5) is 0 Å². The molecule has 0 saturated carbocycles. The van der Waals surface area contributed by atoms with Gasteiger partial charge in [-0.2, -0.15) is 0 Å². The minimum Gasteiger partial charge on any atom is -0.338 e. The third-order valence-corrected chi connectivity index (χ3v) is 7.97. The number of nitrogens with one attached hydrogen (secondary N) is 1. The second kappa shape index (κ2) is 6.88. The average Bonchev–Trinajstić information content (AvgIpc) is 3.26. The molecular formula is C19H21ClN2OS2. The van der Waals surface area contributed by atoms with Gasteiger partial charge in [0.2, 0.25) is 0 Å². The van der Waals surface area contributed by atoms with Gasteiger partial charge in [0.25, 0.3) is 5.91 Å². The van der Waals surface area contributed by atoms with Crippen molar-refractivity contribution in [2.45, 2.75) is 12.8 Å². The molecule has 0 radical (unpaired) electrons. The van der Waals surface area contributed by atoms with Gasteiger partial charge in [0.1, 0.15) is 0 Å². The Bertz CT molecular complexity index is 905. The zero-order valence-corrected chi connectivity index (χ0v) is 16.3. The summed E-state index contributed by atoms with van der Waals surface area (Å²) < 4.78 is 3.84. The van der Waals surface area contributed by atoms with Gasteiger partial charge in [-0.25, -0.2) is 0 Å². The average molecular weight is 393 g/mol. The number of halogens is 1. The summed E-state index contributed by atoms with van der Waals surface area (Å²) in [5, 5.41) is 4.79. The van der Waals surface area contributed by atoms with E-state index in [1.165, 1.54) is 19.5 Å². The van der Waals surface area contributed by atoms with Crippen LogP contribution in [-0.4, -0.2) is 37.0 Å². The van der Waals surface area contributed by atoms with Crippen LogP contribution in [0.15, 0.2) is 30.3 Å². The van der Waals surface area contributed by atoms with Crippen molar-refractivity contribution in [3.63, 3.8) is 0 Å². The number of amides is 1. The van der Waals surface area contributed by atoms with Crippen LogP contribution in [0.25, 0.3) is 19.5 Å². The van der Waals surface area contributed by atoms with E-state index in [4.69, 9.17) is 0 Å². The number of carbonyl (C=O) groups excluding carboxylic acids is 1. The van der Waals surface area contributed by atoms with Crippen molar-refractivity contribution in [2.24, 2.45) is 11.8 Å². The van der Waals surface area contributed by atoms with Crippen LogP contribution in [0.1, 0.15) is 22.5 Å². The number of nitrogens with zero attached hydrogens (tertiary/aromatic N) is 1. The quantitative estimate of drug-likeness (QED) is 0.655. The molecule has 1 aromatic carbocycles. The molecule has 25 heavy (non-hydrogen) atoms. The highest BCUT2D eigenvalue weighted by molar-refractivity contribution is 7.33. The molecule has 3 aromatic rings. The van der Waals surface area contributed by atoms with Gasteiger partial charge < -0.3 is 10.2 Å². The molecule has 5 rings (SSSR count).